The Morgan fingerprint density at radius 1 is 1.25 bits per heavy atom. The second-order valence-corrected chi connectivity index (χ2v) is 6.20. The predicted octanol–water partition coefficient (Wildman–Crippen LogP) is 2.78. The van der Waals surface area contributed by atoms with Crippen LogP contribution in [-0.2, 0) is 0 Å². The highest BCUT2D eigenvalue weighted by Crippen LogP contribution is 2.27. The molecule has 0 amide bonds. The van der Waals surface area contributed by atoms with Crippen molar-refractivity contribution in [2.45, 2.75) is 39.2 Å². The molecular weight excluding hydrogens is 250 g/mol. The first kappa shape index (κ1) is 15.3. The number of hydrogen-bond acceptors (Lipinski definition) is 3. The molecule has 1 aliphatic rings. The fourth-order valence-electron chi connectivity index (χ4n) is 2.71. The lowest BCUT2D eigenvalue weighted by Gasteiger charge is -2.34. The minimum Gasteiger partial charge on any atom is -0.494 e. The minimum absolute atomic E-state index is 0.0403. The van der Waals surface area contributed by atoms with Gasteiger partial charge in [0.2, 0.25) is 0 Å². The molecule has 0 spiro atoms. The van der Waals surface area contributed by atoms with Gasteiger partial charge < -0.3 is 14.7 Å². The van der Waals surface area contributed by atoms with E-state index in [1.165, 1.54) is 11.1 Å². The van der Waals surface area contributed by atoms with Crippen LogP contribution in [-0.4, -0.2) is 42.9 Å². The Kier molecular flexibility index (Phi) is 5.44. The molecule has 20 heavy (non-hydrogen) atoms. The molecule has 1 aliphatic carbocycles. The van der Waals surface area contributed by atoms with Crippen LogP contribution in [0.1, 0.15) is 30.4 Å². The first-order valence-electron chi connectivity index (χ1n) is 7.61. The summed E-state index contributed by atoms with van der Waals surface area (Å²) in [6.07, 6.45) is 2.95. The summed E-state index contributed by atoms with van der Waals surface area (Å²) in [5, 5.41) is 9.27. The lowest BCUT2D eigenvalue weighted by molar-refractivity contribution is 0.0278. The van der Waals surface area contributed by atoms with Gasteiger partial charge in [-0.3, -0.25) is 0 Å². The fraction of sp³-hybridized carbons (Fsp3) is 0.647. The highest BCUT2D eigenvalue weighted by atomic mass is 16.5. The van der Waals surface area contributed by atoms with Crippen molar-refractivity contribution in [1.82, 2.24) is 4.90 Å². The van der Waals surface area contributed by atoms with Crippen molar-refractivity contribution in [2.24, 2.45) is 5.92 Å². The van der Waals surface area contributed by atoms with Gasteiger partial charge in [0.1, 0.15) is 5.75 Å². The monoisotopic (exact) mass is 277 g/mol. The summed E-state index contributed by atoms with van der Waals surface area (Å²) in [5.74, 6) is 1.66. The van der Waals surface area contributed by atoms with Crippen molar-refractivity contribution < 1.29 is 9.84 Å². The van der Waals surface area contributed by atoms with Crippen LogP contribution in [0.2, 0.25) is 0 Å². The maximum absolute atomic E-state index is 9.27. The third-order valence-corrected chi connectivity index (χ3v) is 4.21. The molecule has 1 saturated carbocycles. The molecule has 3 nitrogen and oxygen atoms in total. The van der Waals surface area contributed by atoms with Gasteiger partial charge in [0, 0.05) is 13.1 Å². The van der Waals surface area contributed by atoms with Gasteiger partial charge in [-0.05, 0) is 69.3 Å². The summed E-state index contributed by atoms with van der Waals surface area (Å²) >= 11 is 0. The molecule has 0 saturated heterocycles. The topological polar surface area (TPSA) is 32.7 Å². The molecule has 0 aliphatic heterocycles. The van der Waals surface area contributed by atoms with E-state index < -0.39 is 0 Å². The fourth-order valence-corrected chi connectivity index (χ4v) is 2.71. The SMILES string of the molecule is Cc1ccc(OCCCN(C)CC2CC(O)C2)cc1C. The Hall–Kier alpha value is -1.06. The summed E-state index contributed by atoms with van der Waals surface area (Å²) in [6, 6.07) is 6.26. The van der Waals surface area contributed by atoms with E-state index in [1.54, 1.807) is 0 Å². The molecule has 112 valence electrons. The zero-order valence-corrected chi connectivity index (χ0v) is 12.9. The van der Waals surface area contributed by atoms with E-state index in [4.69, 9.17) is 4.74 Å². The summed E-state index contributed by atoms with van der Waals surface area (Å²) in [4.78, 5) is 2.35. The molecule has 0 aromatic heterocycles. The van der Waals surface area contributed by atoms with Gasteiger partial charge in [-0.15, -0.1) is 0 Å². The van der Waals surface area contributed by atoms with Gasteiger partial charge >= 0.3 is 0 Å². The van der Waals surface area contributed by atoms with E-state index in [9.17, 15) is 5.11 Å². The Morgan fingerprint density at radius 2 is 2.00 bits per heavy atom. The van der Waals surface area contributed by atoms with Gasteiger partial charge in [0.05, 0.1) is 12.7 Å². The summed E-state index contributed by atoms with van der Waals surface area (Å²) < 4.78 is 5.79. The molecule has 1 aromatic carbocycles. The second-order valence-electron chi connectivity index (χ2n) is 6.20. The molecule has 1 N–H and O–H groups in total. The van der Waals surface area contributed by atoms with Crippen LogP contribution in [0.15, 0.2) is 18.2 Å². The number of benzene rings is 1. The van der Waals surface area contributed by atoms with Crippen LogP contribution >= 0.6 is 0 Å². The Morgan fingerprint density at radius 3 is 2.65 bits per heavy atom. The number of nitrogens with zero attached hydrogens (tertiary/aromatic N) is 1. The van der Waals surface area contributed by atoms with Gasteiger partial charge in [-0.2, -0.15) is 0 Å². The van der Waals surface area contributed by atoms with Crippen molar-refractivity contribution >= 4 is 0 Å². The smallest absolute Gasteiger partial charge is 0.119 e. The van der Waals surface area contributed by atoms with Crippen molar-refractivity contribution in [1.29, 1.82) is 0 Å². The molecule has 1 aromatic rings. The average Bonchev–Trinajstić information content (AvgIpc) is 2.37. The van der Waals surface area contributed by atoms with E-state index in [1.807, 2.05) is 6.07 Å². The summed E-state index contributed by atoms with van der Waals surface area (Å²) in [5.41, 5.74) is 2.59. The Balaban J connectivity index is 1.59. The van der Waals surface area contributed by atoms with E-state index in [0.29, 0.717) is 5.92 Å². The average molecular weight is 277 g/mol. The van der Waals surface area contributed by atoms with E-state index >= 15 is 0 Å². The van der Waals surface area contributed by atoms with Crippen molar-refractivity contribution in [3.8, 4) is 5.75 Å². The molecule has 0 heterocycles. The normalized spacial score (nSPS) is 21.9. The number of rotatable bonds is 7. The standard InChI is InChI=1S/C17H27NO2/c1-13-5-6-17(9-14(13)2)20-8-4-7-18(3)12-15-10-16(19)11-15/h5-6,9,15-16,19H,4,7-8,10-12H2,1-3H3. The maximum atomic E-state index is 9.27. The Labute approximate surface area is 122 Å². The third kappa shape index (κ3) is 4.50. The molecular formula is C17H27NO2. The summed E-state index contributed by atoms with van der Waals surface area (Å²) in [7, 11) is 2.15. The molecule has 2 rings (SSSR count). The van der Waals surface area contributed by atoms with Crippen molar-refractivity contribution in [3.05, 3.63) is 29.3 Å². The lowest BCUT2D eigenvalue weighted by atomic mass is 9.82. The minimum atomic E-state index is -0.0403. The van der Waals surface area contributed by atoms with Gasteiger partial charge in [-0.25, -0.2) is 0 Å². The molecule has 1 fully saturated rings. The van der Waals surface area contributed by atoms with Crippen LogP contribution in [0, 0.1) is 19.8 Å². The van der Waals surface area contributed by atoms with Crippen molar-refractivity contribution in [2.75, 3.05) is 26.7 Å². The molecule has 0 radical (unpaired) electrons. The predicted molar refractivity (Wildman–Crippen MR) is 82.3 cm³/mol. The number of aliphatic hydroxyl groups excluding tert-OH is 1. The number of ether oxygens (including phenoxy) is 1. The zero-order valence-electron chi connectivity index (χ0n) is 12.9. The molecule has 3 heteroatoms. The van der Waals surface area contributed by atoms with Gasteiger partial charge in [0.25, 0.3) is 0 Å². The lowest BCUT2D eigenvalue weighted by Crippen LogP contribution is -2.37. The second kappa shape index (κ2) is 7.09. The maximum Gasteiger partial charge on any atom is 0.119 e. The number of aryl methyl sites for hydroxylation is 2. The van der Waals surface area contributed by atoms with Gasteiger partial charge in [-0.1, -0.05) is 6.07 Å². The highest BCUT2D eigenvalue weighted by Gasteiger charge is 2.27. The van der Waals surface area contributed by atoms with Crippen LogP contribution in [0.5, 0.6) is 5.75 Å². The zero-order chi connectivity index (χ0) is 14.5. The largest absolute Gasteiger partial charge is 0.494 e. The quantitative estimate of drug-likeness (QED) is 0.778. The number of hydrogen-bond donors (Lipinski definition) is 1. The van der Waals surface area contributed by atoms with E-state index in [0.717, 1.165) is 44.7 Å². The highest BCUT2D eigenvalue weighted by molar-refractivity contribution is 5.33. The molecule has 0 unspecified atom stereocenters. The van der Waals surface area contributed by atoms with Gasteiger partial charge in [0.15, 0.2) is 0 Å². The van der Waals surface area contributed by atoms with E-state index in [-0.39, 0.29) is 6.10 Å². The van der Waals surface area contributed by atoms with Crippen LogP contribution < -0.4 is 4.74 Å². The van der Waals surface area contributed by atoms with Crippen LogP contribution in [0.3, 0.4) is 0 Å². The molecule has 0 atom stereocenters. The first-order valence-corrected chi connectivity index (χ1v) is 7.61. The van der Waals surface area contributed by atoms with Crippen molar-refractivity contribution in [3.63, 3.8) is 0 Å². The summed E-state index contributed by atoms with van der Waals surface area (Å²) in [6.45, 7) is 7.15. The molecule has 0 bridgehead atoms. The first-order chi connectivity index (χ1) is 9.54. The van der Waals surface area contributed by atoms with E-state index in [2.05, 4.69) is 37.9 Å². The third-order valence-electron chi connectivity index (χ3n) is 4.21. The van der Waals surface area contributed by atoms with Crippen LogP contribution in [0.4, 0.5) is 0 Å². The Bertz CT molecular complexity index is 427. The number of aliphatic hydroxyl groups is 1. The van der Waals surface area contributed by atoms with Crippen LogP contribution in [0.25, 0.3) is 0 Å².